The maximum Gasteiger partial charge on any atom is 0.344 e. The third-order valence-electron chi connectivity index (χ3n) is 2.84. The molecule has 0 amide bonds. The van der Waals surface area contributed by atoms with Crippen LogP contribution in [-0.4, -0.2) is 17.0 Å². The van der Waals surface area contributed by atoms with Crippen LogP contribution in [0.25, 0.3) is 0 Å². The number of hydrogen-bond acceptors (Lipinski definition) is 3. The van der Waals surface area contributed by atoms with Crippen molar-refractivity contribution >= 4 is 59.7 Å². The van der Waals surface area contributed by atoms with Crippen molar-refractivity contribution in [1.29, 1.82) is 0 Å². The number of halogens is 7. The first-order chi connectivity index (χ1) is 11.6. The Morgan fingerprint density at radius 1 is 0.920 bits per heavy atom. The van der Waals surface area contributed by atoms with Gasteiger partial charge in [0.25, 0.3) is 0 Å². The number of benzene rings is 2. The molecule has 0 unspecified atom stereocenters. The molecule has 11 heteroatoms. The van der Waals surface area contributed by atoms with Crippen molar-refractivity contribution < 1.29 is 37.0 Å². The Hall–Kier alpha value is -1.46. The third-order valence-corrected chi connectivity index (χ3v) is 5.31. The Bertz CT molecular complexity index is 918. The van der Waals surface area contributed by atoms with Crippen LogP contribution in [0.1, 0.15) is 20.7 Å². The van der Waals surface area contributed by atoms with Crippen molar-refractivity contribution in [3.8, 4) is 5.75 Å². The van der Waals surface area contributed by atoms with Crippen LogP contribution in [0.2, 0.25) is 0 Å². The quantitative estimate of drug-likeness (QED) is 0.182. The van der Waals surface area contributed by atoms with Crippen LogP contribution in [0.15, 0.2) is 25.6 Å². The average molecular weight is 551 g/mol. The van der Waals surface area contributed by atoms with E-state index in [0.717, 1.165) is 0 Å². The van der Waals surface area contributed by atoms with Crippen molar-refractivity contribution in [1.82, 2.24) is 0 Å². The molecule has 0 heterocycles. The normalized spacial score (nSPS) is 10.7. The van der Waals surface area contributed by atoms with Gasteiger partial charge in [0.15, 0.2) is 17.5 Å². The molecule has 0 radical (unpaired) electrons. The van der Waals surface area contributed by atoms with E-state index in [2.05, 4.69) is 52.5 Å². The molecule has 4 nitrogen and oxygen atoms in total. The molecular weight excluding hydrogens is 548 g/mol. The van der Waals surface area contributed by atoms with E-state index in [1.165, 1.54) is 6.07 Å². The molecule has 0 spiro atoms. The second-order valence-corrected chi connectivity index (χ2v) is 6.97. The van der Waals surface area contributed by atoms with Gasteiger partial charge in [-0.25, -0.2) is 22.8 Å². The largest absolute Gasteiger partial charge is 0.477 e. The van der Waals surface area contributed by atoms with Gasteiger partial charge in [0.05, 0.1) is 5.56 Å². The summed E-state index contributed by atoms with van der Waals surface area (Å²) in [5, 5.41) is 8.72. The van der Waals surface area contributed by atoms with Gasteiger partial charge in [-0.15, -0.1) is 0 Å². The SMILES string of the molecule is O=C(Oc1c(F)c(F)c(F)c(C(=O)O)c1F)c1cc(Br)cc(Br)c1Br. The Morgan fingerprint density at radius 3 is 2.08 bits per heavy atom. The van der Waals surface area contributed by atoms with Crippen LogP contribution in [0.4, 0.5) is 17.6 Å². The number of carbonyl (C=O) groups is 2. The van der Waals surface area contributed by atoms with Gasteiger partial charge in [-0.1, -0.05) is 15.9 Å². The number of hydrogen-bond donors (Lipinski definition) is 1. The summed E-state index contributed by atoms with van der Waals surface area (Å²) in [6.45, 7) is 0. The smallest absolute Gasteiger partial charge is 0.344 e. The minimum Gasteiger partial charge on any atom is -0.477 e. The van der Waals surface area contributed by atoms with E-state index >= 15 is 0 Å². The van der Waals surface area contributed by atoms with Gasteiger partial charge < -0.3 is 9.84 Å². The average Bonchev–Trinajstić information content (AvgIpc) is 2.52. The van der Waals surface area contributed by atoms with Crippen LogP contribution in [0.5, 0.6) is 5.75 Å². The number of carbonyl (C=O) groups excluding carboxylic acids is 1. The third kappa shape index (κ3) is 3.72. The topological polar surface area (TPSA) is 63.6 Å². The van der Waals surface area contributed by atoms with Crippen LogP contribution >= 0.6 is 47.8 Å². The monoisotopic (exact) mass is 548 g/mol. The number of ether oxygens (including phenoxy) is 1. The molecule has 2 aromatic carbocycles. The van der Waals surface area contributed by atoms with E-state index in [1.54, 1.807) is 6.07 Å². The lowest BCUT2D eigenvalue weighted by atomic mass is 10.1. The van der Waals surface area contributed by atoms with E-state index in [0.29, 0.717) is 8.95 Å². The lowest BCUT2D eigenvalue weighted by Gasteiger charge is -2.11. The molecule has 132 valence electrons. The summed E-state index contributed by atoms with van der Waals surface area (Å²) in [6, 6.07) is 2.77. The van der Waals surface area contributed by atoms with Crippen molar-refractivity contribution in [2.24, 2.45) is 0 Å². The molecule has 0 saturated carbocycles. The maximum absolute atomic E-state index is 14.0. The van der Waals surface area contributed by atoms with Gasteiger partial charge in [0.2, 0.25) is 11.6 Å². The first kappa shape index (κ1) is 19.9. The van der Waals surface area contributed by atoms with Gasteiger partial charge in [0, 0.05) is 13.4 Å². The fourth-order valence-electron chi connectivity index (χ4n) is 1.74. The molecule has 0 aliphatic rings. The second kappa shape index (κ2) is 7.42. The molecule has 0 aliphatic carbocycles. The van der Waals surface area contributed by atoms with Crippen LogP contribution in [0.3, 0.4) is 0 Å². The maximum atomic E-state index is 14.0. The summed E-state index contributed by atoms with van der Waals surface area (Å²) in [4.78, 5) is 23.0. The molecule has 0 atom stereocenters. The molecule has 25 heavy (non-hydrogen) atoms. The van der Waals surface area contributed by atoms with Gasteiger partial charge in [-0.3, -0.25) is 0 Å². The van der Waals surface area contributed by atoms with Crippen LogP contribution in [-0.2, 0) is 0 Å². The second-order valence-electron chi connectivity index (χ2n) is 4.40. The molecule has 0 bridgehead atoms. The fraction of sp³-hybridized carbons (Fsp3) is 0. The Kier molecular flexibility index (Phi) is 5.89. The highest BCUT2D eigenvalue weighted by Crippen LogP contribution is 2.34. The fourth-order valence-corrected chi connectivity index (χ4v) is 3.36. The number of rotatable bonds is 3. The summed E-state index contributed by atoms with van der Waals surface area (Å²) in [5.41, 5.74) is -2.00. The molecule has 2 aromatic rings. The first-order valence-electron chi connectivity index (χ1n) is 6.02. The summed E-state index contributed by atoms with van der Waals surface area (Å²) in [6.07, 6.45) is 0. The lowest BCUT2D eigenvalue weighted by molar-refractivity contribution is 0.0665. The first-order valence-corrected chi connectivity index (χ1v) is 8.40. The summed E-state index contributed by atoms with van der Waals surface area (Å²) < 4.78 is 60.0. The minimum atomic E-state index is -2.28. The highest BCUT2D eigenvalue weighted by molar-refractivity contribution is 9.13. The van der Waals surface area contributed by atoms with Crippen molar-refractivity contribution in [2.75, 3.05) is 0 Å². The van der Waals surface area contributed by atoms with Gasteiger partial charge in [-0.05, 0) is 44.0 Å². The number of esters is 1. The molecule has 2 rings (SSSR count). The highest BCUT2D eigenvalue weighted by Gasteiger charge is 2.32. The standard InChI is InChI=1S/C14H3Br3F4O4/c15-3-1-4(7(17)5(16)2-3)14(24)25-12-9(19)6(13(22)23)8(18)10(20)11(12)21/h1-2H,(H,22,23). The van der Waals surface area contributed by atoms with E-state index in [1.807, 2.05) is 0 Å². The van der Waals surface area contributed by atoms with E-state index < -0.39 is 46.5 Å². The van der Waals surface area contributed by atoms with Crippen molar-refractivity contribution in [3.05, 3.63) is 59.9 Å². The predicted molar refractivity (Wildman–Crippen MR) is 87.7 cm³/mol. The molecule has 0 aliphatic heterocycles. The van der Waals surface area contributed by atoms with Gasteiger partial charge >= 0.3 is 11.9 Å². The molecular formula is C14H3Br3F4O4. The van der Waals surface area contributed by atoms with Crippen molar-refractivity contribution in [2.45, 2.75) is 0 Å². The zero-order valence-corrected chi connectivity index (χ0v) is 16.2. The Morgan fingerprint density at radius 2 is 1.52 bits per heavy atom. The number of aromatic carboxylic acids is 1. The highest BCUT2D eigenvalue weighted by atomic mass is 79.9. The zero-order valence-electron chi connectivity index (χ0n) is 11.5. The molecule has 1 N–H and O–H groups in total. The van der Waals surface area contributed by atoms with Crippen LogP contribution in [0, 0.1) is 23.3 Å². The van der Waals surface area contributed by atoms with Crippen molar-refractivity contribution in [3.63, 3.8) is 0 Å². The van der Waals surface area contributed by atoms with Gasteiger partial charge in [0.1, 0.15) is 5.56 Å². The Labute approximate surface area is 162 Å². The van der Waals surface area contributed by atoms with E-state index in [9.17, 15) is 27.2 Å². The zero-order chi connectivity index (χ0) is 19.0. The van der Waals surface area contributed by atoms with Gasteiger partial charge in [-0.2, -0.15) is 4.39 Å². The number of carboxylic acids is 1. The summed E-state index contributed by atoms with van der Waals surface area (Å²) >= 11 is 9.24. The summed E-state index contributed by atoms with van der Waals surface area (Å²) in [7, 11) is 0. The van der Waals surface area contributed by atoms with E-state index in [4.69, 9.17) is 5.11 Å². The van der Waals surface area contributed by atoms with Crippen LogP contribution < -0.4 is 4.74 Å². The predicted octanol–water partition coefficient (Wildman–Crippen LogP) is 5.45. The number of carboxylic acid groups (broad SMARTS) is 1. The summed E-state index contributed by atoms with van der Waals surface area (Å²) in [5.74, 6) is -13.9. The molecule has 0 saturated heterocycles. The minimum absolute atomic E-state index is 0.155. The molecule has 0 aromatic heterocycles. The van der Waals surface area contributed by atoms with E-state index in [-0.39, 0.29) is 10.0 Å². The molecule has 0 fully saturated rings. The Balaban J connectivity index is 2.58. The lowest BCUT2D eigenvalue weighted by Crippen LogP contribution is -2.16.